The maximum Gasteiger partial charge on any atom is 0.305 e. The van der Waals surface area contributed by atoms with Gasteiger partial charge in [-0.3, -0.25) is 9.59 Å². The van der Waals surface area contributed by atoms with Gasteiger partial charge in [0.05, 0.1) is 0 Å². The topological polar surface area (TPSA) is 61.8 Å². The maximum absolute atomic E-state index is 12.7. The first-order chi connectivity index (χ1) is 34.6. The van der Waals surface area contributed by atoms with Crippen LogP contribution in [0.2, 0.25) is 0 Å². The lowest BCUT2D eigenvalue weighted by molar-refractivity contribution is -0.155. The molecule has 70 heavy (non-hydrogen) atoms. The van der Waals surface area contributed by atoms with E-state index in [1.807, 2.05) is 0 Å². The zero-order chi connectivity index (χ0) is 50.6. The van der Waals surface area contributed by atoms with E-state index in [4.69, 9.17) is 14.2 Å². The molecule has 0 aromatic heterocycles. The first-order valence-electron chi connectivity index (χ1n) is 31.5. The third-order valence-corrected chi connectivity index (χ3v) is 14.2. The zero-order valence-corrected chi connectivity index (χ0v) is 47.6. The lowest BCUT2D eigenvalue weighted by atomic mass is 10.0. The predicted octanol–water partition coefficient (Wildman–Crippen LogP) is 21.7. The third kappa shape index (κ3) is 58.7. The van der Waals surface area contributed by atoms with Crippen LogP contribution in [0.15, 0.2) is 36.5 Å². The quantitative estimate of drug-likeness (QED) is 0.0345. The number of hydrogen-bond donors (Lipinski definition) is 0. The summed E-state index contributed by atoms with van der Waals surface area (Å²) in [5, 5.41) is 0. The lowest BCUT2D eigenvalue weighted by Gasteiger charge is -2.18. The second kappa shape index (κ2) is 61.4. The Kier molecular flexibility index (Phi) is 59.8. The highest BCUT2D eigenvalue weighted by molar-refractivity contribution is 5.69. The SMILES string of the molecule is CCCCCCCC/C=C\C/C=C\C/C=C\CCCC(=O)OC[C@H](COC(=O)CCCCCCCCCCCCCCCCCCCCCCC)OCCCCCCCCCCCCCCCCCC. The second-order valence-electron chi connectivity index (χ2n) is 21.3. The van der Waals surface area contributed by atoms with Crippen molar-refractivity contribution in [3.05, 3.63) is 36.5 Å². The Morgan fingerprint density at radius 3 is 0.900 bits per heavy atom. The molecule has 1 atom stereocenters. The van der Waals surface area contributed by atoms with Gasteiger partial charge in [0, 0.05) is 19.4 Å². The molecule has 0 fully saturated rings. The molecule has 0 bridgehead atoms. The summed E-state index contributed by atoms with van der Waals surface area (Å²) in [6, 6.07) is 0. The van der Waals surface area contributed by atoms with E-state index in [1.165, 1.54) is 257 Å². The van der Waals surface area contributed by atoms with E-state index in [9.17, 15) is 9.59 Å². The molecule has 5 heteroatoms. The van der Waals surface area contributed by atoms with Crippen molar-refractivity contribution in [3.63, 3.8) is 0 Å². The molecule has 0 rings (SSSR count). The summed E-state index contributed by atoms with van der Waals surface area (Å²) in [4.78, 5) is 25.4. The van der Waals surface area contributed by atoms with Gasteiger partial charge in [-0.15, -0.1) is 0 Å². The minimum atomic E-state index is -0.416. The van der Waals surface area contributed by atoms with E-state index < -0.39 is 6.10 Å². The lowest BCUT2D eigenvalue weighted by Crippen LogP contribution is -2.29. The van der Waals surface area contributed by atoms with Crippen LogP contribution in [0.3, 0.4) is 0 Å². The van der Waals surface area contributed by atoms with E-state index in [0.717, 1.165) is 51.4 Å². The van der Waals surface area contributed by atoms with Gasteiger partial charge in [-0.25, -0.2) is 0 Å². The predicted molar refractivity (Wildman–Crippen MR) is 307 cm³/mol. The van der Waals surface area contributed by atoms with Crippen molar-refractivity contribution in [3.8, 4) is 0 Å². The summed E-state index contributed by atoms with van der Waals surface area (Å²) in [5.74, 6) is -0.371. The fourth-order valence-corrected chi connectivity index (χ4v) is 9.45. The van der Waals surface area contributed by atoms with Crippen molar-refractivity contribution in [2.75, 3.05) is 19.8 Å². The fourth-order valence-electron chi connectivity index (χ4n) is 9.45. The van der Waals surface area contributed by atoms with Gasteiger partial charge in [0.15, 0.2) is 0 Å². The summed E-state index contributed by atoms with van der Waals surface area (Å²) in [7, 11) is 0. The Hall–Kier alpha value is -1.88. The average Bonchev–Trinajstić information content (AvgIpc) is 3.36. The normalized spacial score (nSPS) is 12.3. The Morgan fingerprint density at radius 2 is 0.557 bits per heavy atom. The van der Waals surface area contributed by atoms with Crippen molar-refractivity contribution in [1.82, 2.24) is 0 Å². The highest BCUT2D eigenvalue weighted by Crippen LogP contribution is 2.17. The largest absolute Gasteiger partial charge is 0.463 e. The van der Waals surface area contributed by atoms with Gasteiger partial charge in [-0.05, 0) is 51.4 Å². The number of ether oxygens (including phenoxy) is 3. The molecule has 0 saturated carbocycles. The van der Waals surface area contributed by atoms with E-state index in [1.54, 1.807) is 0 Å². The maximum atomic E-state index is 12.7. The number of unbranched alkanes of at least 4 members (excludes halogenated alkanes) is 42. The highest BCUT2D eigenvalue weighted by Gasteiger charge is 2.16. The molecule has 0 aliphatic rings. The number of allylic oxidation sites excluding steroid dienone is 6. The van der Waals surface area contributed by atoms with Crippen LogP contribution >= 0.6 is 0 Å². The minimum absolute atomic E-state index is 0.137. The van der Waals surface area contributed by atoms with E-state index in [-0.39, 0.29) is 25.2 Å². The van der Waals surface area contributed by atoms with Crippen LogP contribution in [-0.2, 0) is 23.8 Å². The van der Waals surface area contributed by atoms with Crippen molar-refractivity contribution in [1.29, 1.82) is 0 Å². The Bertz CT molecular complexity index is 1110. The minimum Gasteiger partial charge on any atom is -0.463 e. The molecule has 412 valence electrons. The summed E-state index contributed by atoms with van der Waals surface area (Å²) in [5.41, 5.74) is 0. The molecule has 0 spiro atoms. The Balaban J connectivity index is 4.24. The van der Waals surface area contributed by atoms with Crippen LogP contribution in [-0.4, -0.2) is 37.9 Å². The van der Waals surface area contributed by atoms with Gasteiger partial charge in [0.25, 0.3) is 0 Å². The summed E-state index contributed by atoms with van der Waals surface area (Å²) >= 11 is 0. The van der Waals surface area contributed by atoms with Gasteiger partial charge < -0.3 is 14.2 Å². The molecular weight excluding hydrogens is 861 g/mol. The molecule has 5 nitrogen and oxygen atoms in total. The summed E-state index contributed by atoms with van der Waals surface area (Å²) in [6.07, 6.45) is 76.4. The van der Waals surface area contributed by atoms with Crippen molar-refractivity contribution in [2.45, 2.75) is 348 Å². The molecule has 0 heterocycles. The monoisotopic (exact) mass is 983 g/mol. The molecule has 0 amide bonds. The summed E-state index contributed by atoms with van der Waals surface area (Å²) < 4.78 is 17.5. The molecule has 0 aliphatic heterocycles. The van der Waals surface area contributed by atoms with Crippen molar-refractivity contribution < 1.29 is 23.8 Å². The smallest absolute Gasteiger partial charge is 0.305 e. The van der Waals surface area contributed by atoms with Crippen LogP contribution in [0.5, 0.6) is 0 Å². The van der Waals surface area contributed by atoms with Gasteiger partial charge >= 0.3 is 11.9 Å². The molecule has 0 aliphatic carbocycles. The first kappa shape index (κ1) is 68.1. The number of carbonyl (C=O) groups is 2. The second-order valence-corrected chi connectivity index (χ2v) is 21.3. The van der Waals surface area contributed by atoms with Crippen LogP contribution in [0, 0.1) is 0 Å². The van der Waals surface area contributed by atoms with Gasteiger partial charge in [-0.2, -0.15) is 0 Å². The van der Waals surface area contributed by atoms with Crippen LogP contribution < -0.4 is 0 Å². The molecule has 0 radical (unpaired) electrons. The number of carbonyl (C=O) groups excluding carboxylic acids is 2. The Morgan fingerprint density at radius 1 is 0.300 bits per heavy atom. The van der Waals surface area contributed by atoms with Crippen LogP contribution in [0.25, 0.3) is 0 Å². The van der Waals surface area contributed by atoms with Gasteiger partial charge in [0.1, 0.15) is 19.3 Å². The standard InChI is InChI=1S/C65H122O5/c1-4-7-10-13-16-19-22-25-28-31-32-33-34-36-38-41-44-47-50-53-56-59-65(67)70-62-63(68-60-57-54-51-48-45-42-39-30-27-24-21-18-15-12-9-6-3)61-69-64(66)58-55-52-49-46-43-40-37-35-29-26-23-20-17-14-11-8-5-2/h26,29,37,40,46,49,63H,4-25,27-28,30-36,38-39,41-45,47-48,50-62H2,1-3H3/b29-26-,40-37-,49-46-/t63-/m1/s1. The number of rotatable bonds is 59. The van der Waals surface area contributed by atoms with Gasteiger partial charge in [-0.1, -0.05) is 314 Å². The molecule has 0 saturated heterocycles. The third-order valence-electron chi connectivity index (χ3n) is 14.2. The van der Waals surface area contributed by atoms with Crippen LogP contribution in [0.1, 0.15) is 342 Å². The average molecular weight is 984 g/mol. The molecule has 0 unspecified atom stereocenters. The van der Waals surface area contributed by atoms with Crippen molar-refractivity contribution >= 4 is 11.9 Å². The highest BCUT2D eigenvalue weighted by atomic mass is 16.6. The molecule has 0 aromatic rings. The van der Waals surface area contributed by atoms with E-state index in [0.29, 0.717) is 19.4 Å². The zero-order valence-electron chi connectivity index (χ0n) is 47.6. The molecule has 0 N–H and O–H groups in total. The Labute approximate surface area is 438 Å². The number of esters is 2. The van der Waals surface area contributed by atoms with E-state index in [2.05, 4.69) is 57.2 Å². The van der Waals surface area contributed by atoms with Crippen LogP contribution in [0.4, 0.5) is 0 Å². The van der Waals surface area contributed by atoms with E-state index >= 15 is 0 Å². The molecular formula is C65H122O5. The fraction of sp³-hybridized carbons (Fsp3) is 0.877. The summed E-state index contributed by atoms with van der Waals surface area (Å²) in [6.45, 7) is 7.74. The van der Waals surface area contributed by atoms with Crippen molar-refractivity contribution in [2.24, 2.45) is 0 Å². The number of hydrogen-bond acceptors (Lipinski definition) is 5. The van der Waals surface area contributed by atoms with Gasteiger partial charge in [0.2, 0.25) is 0 Å². The molecule has 0 aromatic carbocycles. The first-order valence-corrected chi connectivity index (χ1v) is 31.5.